The van der Waals surface area contributed by atoms with Gasteiger partial charge in [-0.15, -0.1) is 11.3 Å². The van der Waals surface area contributed by atoms with Gasteiger partial charge in [0.15, 0.2) is 0 Å². The van der Waals surface area contributed by atoms with Crippen molar-refractivity contribution in [3.05, 3.63) is 70.3 Å². The fourth-order valence-corrected chi connectivity index (χ4v) is 3.11. The zero-order valence-electron chi connectivity index (χ0n) is 11.7. The van der Waals surface area contributed by atoms with Crippen LogP contribution in [0.2, 0.25) is 5.02 Å². The quantitative estimate of drug-likeness (QED) is 0.687. The second-order valence-corrected chi connectivity index (χ2v) is 6.29. The van der Waals surface area contributed by atoms with Gasteiger partial charge in [-0.3, -0.25) is 4.79 Å². The Hall–Kier alpha value is -2.37. The van der Waals surface area contributed by atoms with Crippen LogP contribution >= 0.6 is 22.9 Å². The summed E-state index contributed by atoms with van der Waals surface area (Å²) in [6.45, 7) is 0. The van der Waals surface area contributed by atoms with E-state index in [2.05, 4.69) is 5.32 Å². The van der Waals surface area contributed by atoms with E-state index < -0.39 is 5.82 Å². The number of nitrogens with one attached hydrogen (secondary N) is 1. The van der Waals surface area contributed by atoms with E-state index in [0.717, 1.165) is 10.4 Å². The predicted octanol–water partition coefficient (Wildman–Crippen LogP) is 5.17. The van der Waals surface area contributed by atoms with Crippen LogP contribution in [0.25, 0.3) is 10.4 Å². The van der Waals surface area contributed by atoms with Gasteiger partial charge in [0.1, 0.15) is 11.6 Å². The molecule has 0 atom stereocenters. The van der Waals surface area contributed by atoms with Crippen LogP contribution in [0.1, 0.15) is 9.67 Å². The number of thiophene rings is 1. The van der Waals surface area contributed by atoms with Gasteiger partial charge >= 0.3 is 0 Å². The van der Waals surface area contributed by atoms with Gasteiger partial charge in [0.2, 0.25) is 0 Å². The third kappa shape index (κ3) is 3.52. The molecule has 0 aliphatic rings. The number of carbonyl (C=O) groups excluding carboxylic acids is 1. The first-order valence-electron chi connectivity index (χ1n) is 6.68. The number of hydrogen-bond donors (Lipinski definition) is 2. The normalized spacial score (nSPS) is 10.5. The van der Waals surface area contributed by atoms with Crippen LogP contribution in [0.5, 0.6) is 5.75 Å². The molecule has 2 N–H and O–H groups in total. The van der Waals surface area contributed by atoms with Crippen molar-refractivity contribution in [2.24, 2.45) is 0 Å². The third-order valence-electron chi connectivity index (χ3n) is 3.14. The van der Waals surface area contributed by atoms with Gasteiger partial charge in [-0.2, -0.15) is 0 Å². The van der Waals surface area contributed by atoms with Crippen molar-refractivity contribution in [3.63, 3.8) is 0 Å². The van der Waals surface area contributed by atoms with Gasteiger partial charge in [0, 0.05) is 10.6 Å². The SMILES string of the molecule is O=C(Nc1cccc(F)c1)c1ccc(-c2ccc(O)c(Cl)c2)s1. The lowest BCUT2D eigenvalue weighted by molar-refractivity contribution is 0.103. The number of phenolic OH excluding ortho intramolecular Hbond substituents is 1. The number of carbonyl (C=O) groups is 1. The van der Waals surface area contributed by atoms with Crippen LogP contribution in [0.4, 0.5) is 10.1 Å². The molecule has 0 fully saturated rings. The molecule has 6 heteroatoms. The number of anilines is 1. The molecule has 0 unspecified atom stereocenters. The Balaban J connectivity index is 1.81. The van der Waals surface area contributed by atoms with E-state index in [-0.39, 0.29) is 16.7 Å². The molecule has 3 rings (SSSR count). The maximum absolute atomic E-state index is 13.1. The van der Waals surface area contributed by atoms with E-state index in [1.165, 1.54) is 35.6 Å². The molecule has 0 radical (unpaired) electrons. The Bertz CT molecular complexity index is 879. The highest BCUT2D eigenvalue weighted by atomic mass is 35.5. The summed E-state index contributed by atoms with van der Waals surface area (Å²) < 4.78 is 13.1. The van der Waals surface area contributed by atoms with E-state index in [0.29, 0.717) is 10.6 Å². The molecular formula is C17H11ClFNO2S. The topological polar surface area (TPSA) is 49.3 Å². The minimum absolute atomic E-state index is 0.0102. The fraction of sp³-hybridized carbons (Fsp3) is 0. The van der Waals surface area contributed by atoms with Crippen molar-refractivity contribution < 1.29 is 14.3 Å². The van der Waals surface area contributed by atoms with E-state index >= 15 is 0 Å². The second-order valence-electron chi connectivity index (χ2n) is 4.79. The number of benzene rings is 2. The van der Waals surface area contributed by atoms with Gasteiger partial charge in [-0.25, -0.2) is 4.39 Å². The maximum atomic E-state index is 13.1. The Morgan fingerprint density at radius 3 is 2.70 bits per heavy atom. The first-order valence-corrected chi connectivity index (χ1v) is 7.88. The van der Waals surface area contributed by atoms with Gasteiger partial charge in [0.05, 0.1) is 9.90 Å². The maximum Gasteiger partial charge on any atom is 0.265 e. The summed E-state index contributed by atoms with van der Waals surface area (Å²) in [5, 5.41) is 12.3. The Morgan fingerprint density at radius 2 is 1.96 bits per heavy atom. The van der Waals surface area contributed by atoms with E-state index in [1.54, 1.807) is 30.3 Å². The summed E-state index contributed by atoms with van der Waals surface area (Å²) in [6.07, 6.45) is 0. The number of amides is 1. The average Bonchev–Trinajstić information content (AvgIpc) is 3.00. The molecule has 1 aromatic heterocycles. The van der Waals surface area contributed by atoms with Crippen molar-refractivity contribution in [3.8, 4) is 16.2 Å². The summed E-state index contributed by atoms with van der Waals surface area (Å²) in [5.41, 5.74) is 1.21. The molecule has 0 saturated carbocycles. The molecule has 1 amide bonds. The molecule has 2 aromatic carbocycles. The molecule has 116 valence electrons. The number of aromatic hydroxyl groups is 1. The fourth-order valence-electron chi connectivity index (χ4n) is 2.03. The highest BCUT2D eigenvalue weighted by molar-refractivity contribution is 7.17. The van der Waals surface area contributed by atoms with Crippen LogP contribution in [0.3, 0.4) is 0 Å². The summed E-state index contributed by atoms with van der Waals surface area (Å²) in [5.74, 6) is -0.707. The Labute approximate surface area is 141 Å². The highest BCUT2D eigenvalue weighted by Crippen LogP contribution is 2.33. The molecule has 0 saturated heterocycles. The first-order chi connectivity index (χ1) is 11.0. The number of rotatable bonds is 3. The zero-order chi connectivity index (χ0) is 16.4. The van der Waals surface area contributed by atoms with Crippen molar-refractivity contribution in [1.82, 2.24) is 0 Å². The molecule has 0 aliphatic carbocycles. The van der Waals surface area contributed by atoms with Crippen molar-refractivity contribution in [2.75, 3.05) is 5.32 Å². The number of phenols is 1. The number of halogens is 2. The molecule has 3 aromatic rings. The minimum Gasteiger partial charge on any atom is -0.506 e. The summed E-state index contributed by atoms with van der Waals surface area (Å²) in [4.78, 5) is 13.5. The van der Waals surface area contributed by atoms with Gasteiger partial charge < -0.3 is 10.4 Å². The summed E-state index contributed by atoms with van der Waals surface area (Å²) in [7, 11) is 0. The standard InChI is InChI=1S/C17H11ClFNO2S/c18-13-8-10(4-5-14(13)21)15-6-7-16(23-15)17(22)20-12-3-1-2-11(19)9-12/h1-9,21H,(H,20,22). The smallest absolute Gasteiger partial charge is 0.265 e. The zero-order valence-corrected chi connectivity index (χ0v) is 13.3. The van der Waals surface area contributed by atoms with Crippen molar-refractivity contribution in [2.45, 2.75) is 0 Å². The third-order valence-corrected chi connectivity index (χ3v) is 4.58. The van der Waals surface area contributed by atoms with Gasteiger partial charge in [-0.05, 0) is 54.1 Å². The molecule has 0 aliphatic heterocycles. The highest BCUT2D eigenvalue weighted by Gasteiger charge is 2.12. The lowest BCUT2D eigenvalue weighted by Gasteiger charge is -2.03. The van der Waals surface area contributed by atoms with Crippen molar-refractivity contribution in [1.29, 1.82) is 0 Å². The van der Waals surface area contributed by atoms with Crippen LogP contribution in [-0.4, -0.2) is 11.0 Å². The first kappa shape index (κ1) is 15.5. The molecule has 23 heavy (non-hydrogen) atoms. The van der Waals surface area contributed by atoms with Crippen molar-refractivity contribution >= 4 is 34.5 Å². The lowest BCUT2D eigenvalue weighted by atomic mass is 10.2. The molecular weight excluding hydrogens is 337 g/mol. The lowest BCUT2D eigenvalue weighted by Crippen LogP contribution is -2.09. The van der Waals surface area contributed by atoms with E-state index in [4.69, 9.17) is 11.6 Å². The van der Waals surface area contributed by atoms with Crippen LogP contribution in [0.15, 0.2) is 54.6 Å². The number of hydrogen-bond acceptors (Lipinski definition) is 3. The average molecular weight is 348 g/mol. The van der Waals surface area contributed by atoms with Gasteiger partial charge in [0.25, 0.3) is 5.91 Å². The second kappa shape index (κ2) is 6.40. The summed E-state index contributed by atoms with van der Waals surface area (Å²) in [6, 6.07) is 14.1. The minimum atomic E-state index is -0.409. The van der Waals surface area contributed by atoms with Crippen LogP contribution in [-0.2, 0) is 0 Å². The summed E-state index contributed by atoms with van der Waals surface area (Å²) >= 11 is 7.18. The molecule has 3 nitrogen and oxygen atoms in total. The van der Waals surface area contributed by atoms with Crippen LogP contribution in [0, 0.1) is 5.82 Å². The molecule has 1 heterocycles. The Morgan fingerprint density at radius 1 is 1.13 bits per heavy atom. The molecule has 0 spiro atoms. The predicted molar refractivity (Wildman–Crippen MR) is 90.8 cm³/mol. The largest absolute Gasteiger partial charge is 0.506 e. The monoisotopic (exact) mass is 347 g/mol. The van der Waals surface area contributed by atoms with Gasteiger partial charge in [-0.1, -0.05) is 17.7 Å². The van der Waals surface area contributed by atoms with E-state index in [9.17, 15) is 14.3 Å². The Kier molecular flexibility index (Phi) is 4.32. The van der Waals surface area contributed by atoms with E-state index in [1.807, 2.05) is 0 Å². The molecule has 0 bridgehead atoms. The van der Waals surface area contributed by atoms with Crippen LogP contribution < -0.4 is 5.32 Å².